The molecule has 0 aromatic heterocycles. The third-order valence-electron chi connectivity index (χ3n) is 8.21. The van der Waals surface area contributed by atoms with Crippen LogP contribution in [0.15, 0.2) is 48.6 Å². The number of hydrogen-bond acceptors (Lipinski definition) is 6. The summed E-state index contributed by atoms with van der Waals surface area (Å²) in [5.74, 6) is -1.61. The van der Waals surface area contributed by atoms with Crippen molar-refractivity contribution in [3.05, 3.63) is 48.6 Å². The summed E-state index contributed by atoms with van der Waals surface area (Å²) in [5.41, 5.74) is 0. The molecule has 0 saturated carbocycles. The lowest BCUT2D eigenvalue weighted by Crippen LogP contribution is -2.50. The number of aliphatic carboxylic acids is 1. The minimum absolute atomic E-state index is 0.0284. The van der Waals surface area contributed by atoms with E-state index in [1.54, 1.807) is 0 Å². The molecule has 1 N–H and O–H groups in total. The first-order valence-electron chi connectivity index (χ1n) is 19.2. The summed E-state index contributed by atoms with van der Waals surface area (Å²) in [5, 5.41) is 9.56. The van der Waals surface area contributed by atoms with Crippen LogP contribution in [0.1, 0.15) is 142 Å². The van der Waals surface area contributed by atoms with Crippen molar-refractivity contribution in [3.63, 3.8) is 0 Å². The van der Waals surface area contributed by atoms with Gasteiger partial charge in [-0.25, -0.2) is 4.79 Å². The first kappa shape index (κ1) is 46.3. The third kappa shape index (κ3) is 31.0. The predicted octanol–water partition coefficient (Wildman–Crippen LogP) is 9.68. The molecule has 2 unspecified atom stereocenters. The molecule has 0 bridgehead atoms. The molecule has 0 fully saturated rings. The molecule has 0 radical (unpaired) electrons. The van der Waals surface area contributed by atoms with Crippen molar-refractivity contribution < 1.29 is 38.2 Å². The van der Waals surface area contributed by atoms with Crippen LogP contribution in [0.2, 0.25) is 0 Å². The van der Waals surface area contributed by atoms with Crippen molar-refractivity contribution in [2.75, 3.05) is 41.0 Å². The number of nitrogens with zero attached hydrogens (tertiary/aromatic N) is 1. The number of carboxylic acids is 1. The number of quaternary nitrogens is 1. The number of rotatable bonds is 33. The van der Waals surface area contributed by atoms with Gasteiger partial charge in [-0.2, -0.15) is 0 Å². The molecule has 0 amide bonds. The quantitative estimate of drug-likeness (QED) is 0.0317. The molecule has 49 heavy (non-hydrogen) atoms. The number of hydrogen-bond donors (Lipinski definition) is 1. The Labute approximate surface area is 299 Å². The number of unbranched alkanes of at least 4 members (excludes halogenated alkanes) is 11. The molecule has 0 spiro atoms. The topological polar surface area (TPSA) is 99.1 Å². The van der Waals surface area contributed by atoms with Gasteiger partial charge in [0.1, 0.15) is 6.61 Å². The van der Waals surface area contributed by atoms with Crippen molar-refractivity contribution in [1.82, 2.24) is 0 Å². The van der Waals surface area contributed by atoms with Crippen LogP contribution in [-0.4, -0.2) is 80.6 Å². The molecule has 0 aliphatic rings. The number of carbonyl (C=O) groups is 3. The van der Waals surface area contributed by atoms with E-state index in [1.807, 2.05) is 27.2 Å². The van der Waals surface area contributed by atoms with Crippen LogP contribution in [0.25, 0.3) is 0 Å². The van der Waals surface area contributed by atoms with Crippen LogP contribution in [0.3, 0.4) is 0 Å². The van der Waals surface area contributed by atoms with Gasteiger partial charge in [-0.05, 0) is 57.8 Å². The highest BCUT2D eigenvalue weighted by Gasteiger charge is 2.31. The molecule has 0 aromatic rings. The van der Waals surface area contributed by atoms with Crippen molar-refractivity contribution >= 4 is 17.9 Å². The van der Waals surface area contributed by atoms with E-state index in [0.29, 0.717) is 19.3 Å². The fourth-order valence-electron chi connectivity index (χ4n) is 5.18. The molecule has 0 saturated heterocycles. The summed E-state index contributed by atoms with van der Waals surface area (Å²) >= 11 is 0. The molecule has 0 aliphatic carbocycles. The SMILES string of the molecule is CCCCCC/C=C/CCC(=O)OCC(COCCC(C(=O)O)[N+](C)(C)C)OC(=O)CCC/C=C/C/C=C/C/C=C/CCCCCCCC. The maximum atomic E-state index is 12.6. The van der Waals surface area contributed by atoms with E-state index < -0.39 is 18.1 Å². The van der Waals surface area contributed by atoms with Crippen LogP contribution in [0.4, 0.5) is 0 Å². The summed E-state index contributed by atoms with van der Waals surface area (Å²) in [7, 11) is 5.48. The number of esters is 2. The first-order valence-corrected chi connectivity index (χ1v) is 19.2. The van der Waals surface area contributed by atoms with Crippen LogP contribution >= 0.6 is 0 Å². The van der Waals surface area contributed by atoms with E-state index in [0.717, 1.165) is 32.1 Å². The highest BCUT2D eigenvalue weighted by molar-refractivity contribution is 5.72. The third-order valence-corrected chi connectivity index (χ3v) is 8.21. The Bertz CT molecular complexity index is 948. The molecule has 8 nitrogen and oxygen atoms in total. The van der Waals surface area contributed by atoms with E-state index in [-0.39, 0.29) is 49.1 Å². The average molecular weight is 691 g/mol. The molecular weight excluding hydrogens is 618 g/mol. The van der Waals surface area contributed by atoms with E-state index in [2.05, 4.69) is 56.4 Å². The number of carbonyl (C=O) groups excluding carboxylic acids is 2. The normalized spacial score (nSPS) is 13.6. The van der Waals surface area contributed by atoms with Crippen molar-refractivity contribution in [1.29, 1.82) is 0 Å². The minimum atomic E-state index is -0.890. The lowest BCUT2D eigenvalue weighted by molar-refractivity contribution is -0.887. The number of allylic oxidation sites excluding steroid dienone is 8. The zero-order valence-corrected chi connectivity index (χ0v) is 31.9. The second-order valence-electron chi connectivity index (χ2n) is 13.8. The van der Waals surface area contributed by atoms with Gasteiger partial charge in [0.25, 0.3) is 0 Å². The smallest absolute Gasteiger partial charge is 0.362 e. The highest BCUT2D eigenvalue weighted by atomic mass is 16.6. The van der Waals surface area contributed by atoms with Gasteiger partial charge in [0.05, 0.1) is 34.4 Å². The van der Waals surface area contributed by atoms with Gasteiger partial charge < -0.3 is 23.8 Å². The lowest BCUT2D eigenvalue weighted by Gasteiger charge is -2.31. The largest absolute Gasteiger partial charge is 0.477 e. The van der Waals surface area contributed by atoms with E-state index in [1.165, 1.54) is 64.2 Å². The van der Waals surface area contributed by atoms with E-state index >= 15 is 0 Å². The second kappa shape index (κ2) is 32.5. The fraction of sp³-hybridized carbons (Fsp3) is 0.732. The van der Waals surface area contributed by atoms with Gasteiger partial charge in [-0.15, -0.1) is 0 Å². The standard InChI is InChI=1S/C41H71NO7/c1-6-8-10-12-14-16-17-18-19-20-21-22-23-24-26-28-30-32-40(44)49-37(35-47-34-33-38(41(45)46)42(3,4)5)36-48-39(43)31-29-27-25-15-13-11-9-7-2/h18-19,21-22,24-27,37-38H,6-17,20,23,28-36H2,1-5H3/p+1/b19-18+,22-21+,26-24+,27-25+. The molecular formula is C41H72NO7+. The van der Waals surface area contributed by atoms with Crippen LogP contribution in [0, 0.1) is 0 Å². The van der Waals surface area contributed by atoms with Gasteiger partial charge in [0, 0.05) is 19.3 Å². The first-order chi connectivity index (χ1) is 23.6. The Morgan fingerprint density at radius 2 is 1.12 bits per heavy atom. The average Bonchev–Trinajstić information content (AvgIpc) is 3.05. The zero-order chi connectivity index (χ0) is 36.4. The Balaban J connectivity index is 4.52. The predicted molar refractivity (Wildman–Crippen MR) is 201 cm³/mol. The Hall–Kier alpha value is -2.71. The molecule has 8 heteroatoms. The summed E-state index contributed by atoms with van der Waals surface area (Å²) in [4.78, 5) is 36.6. The van der Waals surface area contributed by atoms with Crippen molar-refractivity contribution in [3.8, 4) is 0 Å². The highest BCUT2D eigenvalue weighted by Crippen LogP contribution is 2.11. The van der Waals surface area contributed by atoms with Crippen molar-refractivity contribution in [2.24, 2.45) is 0 Å². The summed E-state index contributed by atoms with van der Waals surface area (Å²) in [6, 6.07) is -0.626. The molecule has 0 aromatic carbocycles. The number of ether oxygens (including phenoxy) is 3. The fourth-order valence-corrected chi connectivity index (χ4v) is 5.18. The van der Waals surface area contributed by atoms with Gasteiger partial charge in [-0.3, -0.25) is 9.59 Å². The van der Waals surface area contributed by atoms with Gasteiger partial charge in [0.15, 0.2) is 12.1 Å². The number of carboxylic acid groups (broad SMARTS) is 1. The monoisotopic (exact) mass is 691 g/mol. The Morgan fingerprint density at radius 1 is 0.612 bits per heavy atom. The van der Waals surface area contributed by atoms with Gasteiger partial charge >= 0.3 is 17.9 Å². The Morgan fingerprint density at radius 3 is 1.71 bits per heavy atom. The molecule has 2 atom stereocenters. The molecule has 0 heterocycles. The van der Waals surface area contributed by atoms with Crippen LogP contribution < -0.4 is 0 Å². The molecule has 0 aliphatic heterocycles. The molecule has 282 valence electrons. The lowest BCUT2D eigenvalue weighted by atomic mass is 10.1. The van der Waals surface area contributed by atoms with Crippen molar-refractivity contribution in [2.45, 2.75) is 154 Å². The van der Waals surface area contributed by atoms with Crippen LogP contribution in [0.5, 0.6) is 0 Å². The number of likely N-dealkylation sites (N-methyl/N-ethyl adjacent to an activating group) is 1. The maximum Gasteiger partial charge on any atom is 0.362 e. The summed E-state index contributed by atoms with van der Waals surface area (Å²) in [6.07, 6.45) is 36.1. The van der Waals surface area contributed by atoms with Crippen LogP contribution in [-0.2, 0) is 28.6 Å². The summed E-state index contributed by atoms with van der Waals surface area (Å²) < 4.78 is 17.0. The van der Waals surface area contributed by atoms with E-state index in [9.17, 15) is 19.5 Å². The van der Waals surface area contributed by atoms with E-state index in [4.69, 9.17) is 14.2 Å². The summed E-state index contributed by atoms with van der Waals surface area (Å²) in [6.45, 7) is 4.56. The maximum absolute atomic E-state index is 12.6. The van der Waals surface area contributed by atoms with Gasteiger partial charge in [-0.1, -0.05) is 114 Å². The zero-order valence-electron chi connectivity index (χ0n) is 31.9. The second-order valence-corrected chi connectivity index (χ2v) is 13.8. The Kier molecular flexibility index (Phi) is 30.7. The van der Waals surface area contributed by atoms with Gasteiger partial charge in [0.2, 0.25) is 0 Å². The minimum Gasteiger partial charge on any atom is -0.477 e. The molecule has 0 rings (SSSR count).